The first-order chi connectivity index (χ1) is 28.4. The zero-order valence-electron chi connectivity index (χ0n) is 33.7. The number of aromatic nitrogens is 5. The number of hydrogen-bond donors (Lipinski definition) is 3. The number of halogens is 7. The number of nitrogens with one attached hydrogen (secondary N) is 2. The first-order valence-electron chi connectivity index (χ1n) is 18.6. The number of carbonyl (C=O) groups excluding carboxylic acids is 1. The number of fused-ring (bicyclic) bond motifs is 2. The van der Waals surface area contributed by atoms with Gasteiger partial charge < -0.3 is 15.3 Å². The standard InChI is InChI=1S/C41H41ClF6N8O4S/c1-8-9-22-17-27-35(38(45)46)51-56(37(27)41(22,47)48)20-32(57)49-30(16-21-14-23(43)18-24(44)15-21)34-26(19-31(54(4)5)29(50-34)12-13-40(2,3)58)25-10-11-28(42)33-36(25)55(6)52-39(33)53-61(7,59)60/h8,10-11,14-15,18-19,22,30,38,58H,1,9,16-17,20H2,2-7H3,(H,49,57)(H,52,53). The van der Waals surface area contributed by atoms with Crippen molar-refractivity contribution in [3.8, 4) is 23.0 Å². The van der Waals surface area contributed by atoms with Crippen LogP contribution in [0.3, 0.4) is 0 Å². The third-order valence-electron chi connectivity index (χ3n) is 9.85. The Morgan fingerprint density at radius 2 is 1.80 bits per heavy atom. The largest absolute Gasteiger partial charge is 0.378 e. The van der Waals surface area contributed by atoms with E-state index in [0.29, 0.717) is 22.0 Å². The van der Waals surface area contributed by atoms with Gasteiger partial charge in [-0.3, -0.25) is 18.9 Å². The molecule has 3 heterocycles. The van der Waals surface area contributed by atoms with E-state index in [2.05, 4.69) is 38.7 Å². The quantitative estimate of drug-likeness (QED) is 0.0640. The lowest BCUT2D eigenvalue weighted by Gasteiger charge is -2.25. The second kappa shape index (κ2) is 16.7. The fourth-order valence-electron chi connectivity index (χ4n) is 7.42. The van der Waals surface area contributed by atoms with E-state index >= 15 is 8.78 Å². The summed E-state index contributed by atoms with van der Waals surface area (Å²) in [5.41, 5.74) is -2.24. The maximum atomic E-state index is 15.8. The molecule has 0 aliphatic heterocycles. The van der Waals surface area contributed by atoms with Gasteiger partial charge in [0.05, 0.1) is 39.6 Å². The Balaban J connectivity index is 1.59. The first-order valence-corrected chi connectivity index (χ1v) is 20.9. The first kappa shape index (κ1) is 45.0. The molecular formula is C41H41ClF6N8O4S. The second-order valence-corrected chi connectivity index (χ2v) is 17.6. The predicted octanol–water partition coefficient (Wildman–Crippen LogP) is 7.20. The number of carbonyl (C=O) groups is 1. The molecule has 12 nitrogen and oxygen atoms in total. The molecular weight excluding hydrogens is 850 g/mol. The second-order valence-electron chi connectivity index (χ2n) is 15.5. The van der Waals surface area contributed by atoms with Crippen molar-refractivity contribution in [2.75, 3.05) is 30.0 Å². The van der Waals surface area contributed by atoms with Crippen LogP contribution in [0.25, 0.3) is 22.0 Å². The fraction of sp³-hybridized carbons (Fsp3) is 0.366. The Hall–Kier alpha value is -5.58. The summed E-state index contributed by atoms with van der Waals surface area (Å²) in [5, 5.41) is 21.7. The summed E-state index contributed by atoms with van der Waals surface area (Å²) in [5.74, 6) is -2.50. The van der Waals surface area contributed by atoms with Crippen LogP contribution < -0.4 is 14.9 Å². The molecule has 6 rings (SSSR count). The van der Waals surface area contributed by atoms with Crippen LogP contribution in [-0.2, 0) is 47.2 Å². The number of nitrogens with zero attached hydrogens (tertiary/aromatic N) is 6. The predicted molar refractivity (Wildman–Crippen MR) is 219 cm³/mol. The molecule has 2 atom stereocenters. The summed E-state index contributed by atoms with van der Waals surface area (Å²) in [4.78, 5) is 20.7. The van der Waals surface area contributed by atoms with Crippen molar-refractivity contribution in [1.29, 1.82) is 0 Å². The molecule has 1 aliphatic carbocycles. The summed E-state index contributed by atoms with van der Waals surface area (Å²) in [6.07, 6.45) is -2.03. The number of aryl methyl sites for hydroxylation is 1. The number of benzene rings is 2. The van der Waals surface area contributed by atoms with Crippen molar-refractivity contribution in [3.63, 3.8) is 0 Å². The van der Waals surface area contributed by atoms with Crippen LogP contribution in [0.15, 0.2) is 49.1 Å². The van der Waals surface area contributed by atoms with Crippen LogP contribution in [0, 0.1) is 29.4 Å². The van der Waals surface area contributed by atoms with Crippen molar-refractivity contribution in [1.82, 2.24) is 29.9 Å². The summed E-state index contributed by atoms with van der Waals surface area (Å²) >= 11 is 6.65. The number of sulfonamides is 1. The number of alkyl halides is 4. The molecule has 5 aromatic rings. The molecule has 2 unspecified atom stereocenters. The average molecular weight is 891 g/mol. The van der Waals surface area contributed by atoms with E-state index in [-0.39, 0.29) is 62.7 Å². The maximum absolute atomic E-state index is 15.8. The van der Waals surface area contributed by atoms with Gasteiger partial charge in [-0.1, -0.05) is 29.7 Å². The lowest BCUT2D eigenvalue weighted by Crippen LogP contribution is -2.35. The van der Waals surface area contributed by atoms with Gasteiger partial charge in [0.2, 0.25) is 15.9 Å². The molecule has 0 saturated heterocycles. The number of allylic oxidation sites excluding steroid dienone is 1. The van der Waals surface area contributed by atoms with Crippen molar-refractivity contribution in [2.24, 2.45) is 13.0 Å². The van der Waals surface area contributed by atoms with Crippen LogP contribution in [0.5, 0.6) is 0 Å². The number of rotatable bonds is 13. The van der Waals surface area contributed by atoms with Crippen molar-refractivity contribution < 1.29 is 44.7 Å². The van der Waals surface area contributed by atoms with Gasteiger partial charge in [0.1, 0.15) is 40.9 Å². The number of pyridine rings is 1. The van der Waals surface area contributed by atoms with Crippen LogP contribution in [0.1, 0.15) is 66.6 Å². The van der Waals surface area contributed by atoms with E-state index < -0.39 is 81.8 Å². The van der Waals surface area contributed by atoms with Gasteiger partial charge in [-0.05, 0) is 68.9 Å². The molecule has 61 heavy (non-hydrogen) atoms. The van der Waals surface area contributed by atoms with Gasteiger partial charge in [-0.2, -0.15) is 19.0 Å². The van der Waals surface area contributed by atoms with Gasteiger partial charge in [-0.25, -0.2) is 31.0 Å². The van der Waals surface area contributed by atoms with Gasteiger partial charge in [0.15, 0.2) is 5.82 Å². The lowest BCUT2D eigenvalue weighted by atomic mass is 9.93. The van der Waals surface area contributed by atoms with Crippen LogP contribution >= 0.6 is 11.6 Å². The van der Waals surface area contributed by atoms with E-state index in [1.165, 1.54) is 37.7 Å². The molecule has 0 bridgehead atoms. The molecule has 1 aliphatic rings. The topological polar surface area (TPSA) is 147 Å². The number of hydrogen-bond acceptors (Lipinski definition) is 8. The van der Waals surface area contributed by atoms with Crippen molar-refractivity contribution in [3.05, 3.63) is 99.6 Å². The Morgan fingerprint density at radius 3 is 2.39 bits per heavy atom. The molecule has 2 aromatic carbocycles. The molecule has 0 saturated carbocycles. The van der Waals surface area contributed by atoms with Gasteiger partial charge in [0.25, 0.3) is 12.3 Å². The van der Waals surface area contributed by atoms with E-state index in [4.69, 9.17) is 16.6 Å². The van der Waals surface area contributed by atoms with Crippen LogP contribution in [-0.4, -0.2) is 69.9 Å². The van der Waals surface area contributed by atoms with Gasteiger partial charge in [-0.15, -0.1) is 6.58 Å². The van der Waals surface area contributed by atoms with Crippen LogP contribution in [0.4, 0.5) is 37.8 Å². The molecule has 0 fully saturated rings. The highest BCUT2D eigenvalue weighted by atomic mass is 35.5. The average Bonchev–Trinajstić information content (AvgIpc) is 3.74. The SMILES string of the molecule is C=CCC1Cc2c(C(F)F)nn(CC(=O)NC(Cc3cc(F)cc(F)c3)c3nc(C#CC(C)(C)O)c(N(C)C)cc3-c3ccc(Cl)c4c(NS(C)(=O)=O)nn(C)c34)c2C1(F)F. The van der Waals surface area contributed by atoms with Crippen molar-refractivity contribution in [2.45, 2.75) is 63.6 Å². The molecule has 0 spiro atoms. The Morgan fingerprint density at radius 1 is 1.13 bits per heavy atom. The number of anilines is 2. The smallest absolute Gasteiger partial charge is 0.293 e. The maximum Gasteiger partial charge on any atom is 0.293 e. The zero-order valence-corrected chi connectivity index (χ0v) is 35.3. The normalized spacial score (nSPS) is 15.4. The summed E-state index contributed by atoms with van der Waals surface area (Å²) < 4.78 is 118. The minimum absolute atomic E-state index is 0.00134. The summed E-state index contributed by atoms with van der Waals surface area (Å²) in [6.45, 7) is 5.41. The highest BCUT2D eigenvalue weighted by Crippen LogP contribution is 2.50. The molecule has 3 N–H and O–H groups in total. The molecule has 1 amide bonds. The minimum atomic E-state index is -3.86. The summed E-state index contributed by atoms with van der Waals surface area (Å²) in [6, 6.07) is 6.00. The molecule has 0 radical (unpaired) electrons. The van der Waals surface area contributed by atoms with Crippen molar-refractivity contribution >= 4 is 49.9 Å². The van der Waals surface area contributed by atoms with E-state index in [1.807, 2.05) is 0 Å². The third-order valence-corrected chi connectivity index (χ3v) is 10.7. The highest BCUT2D eigenvalue weighted by molar-refractivity contribution is 7.92. The van der Waals surface area contributed by atoms with E-state index in [1.54, 1.807) is 31.1 Å². The van der Waals surface area contributed by atoms with Gasteiger partial charge >= 0.3 is 0 Å². The van der Waals surface area contributed by atoms with E-state index in [9.17, 15) is 35.9 Å². The number of aliphatic hydroxyl groups is 1. The van der Waals surface area contributed by atoms with Crippen LogP contribution in [0.2, 0.25) is 5.02 Å². The molecule has 3 aromatic heterocycles. The monoisotopic (exact) mass is 890 g/mol. The lowest BCUT2D eigenvalue weighted by molar-refractivity contribution is -0.123. The Kier molecular flexibility index (Phi) is 12.3. The van der Waals surface area contributed by atoms with Gasteiger partial charge in [0, 0.05) is 49.8 Å². The Labute approximate surface area is 352 Å². The highest BCUT2D eigenvalue weighted by Gasteiger charge is 2.53. The Bertz CT molecular complexity index is 2720. The third kappa shape index (κ3) is 9.51. The molecule has 20 heteroatoms. The van der Waals surface area contributed by atoms with E-state index in [0.717, 1.165) is 18.4 Å². The number of amides is 1. The molecule has 324 valence electrons. The summed E-state index contributed by atoms with van der Waals surface area (Å²) in [7, 11) is 1.04. The zero-order chi connectivity index (χ0) is 44.9. The fourth-order valence-corrected chi connectivity index (χ4v) is 8.16. The minimum Gasteiger partial charge on any atom is -0.378 e.